The minimum Gasteiger partial charge on any atom is -0.497 e. The average molecular weight is 292 g/mol. The first-order valence-electron chi connectivity index (χ1n) is 7.55. The fourth-order valence-electron chi connectivity index (χ4n) is 2.78. The molecule has 1 aliphatic heterocycles. The van der Waals surface area contributed by atoms with Gasteiger partial charge in [-0.25, -0.2) is 4.79 Å². The molecule has 2 N–H and O–H groups in total. The number of carbonyl (C=O) groups excluding carboxylic acids is 1. The highest BCUT2D eigenvalue weighted by Gasteiger charge is 2.31. The van der Waals surface area contributed by atoms with Crippen molar-refractivity contribution in [3.63, 3.8) is 0 Å². The molecule has 0 bridgehead atoms. The fraction of sp³-hybridized carbons (Fsp3) is 0.562. The first-order chi connectivity index (χ1) is 10.2. The van der Waals surface area contributed by atoms with E-state index in [1.807, 2.05) is 25.1 Å². The summed E-state index contributed by atoms with van der Waals surface area (Å²) < 4.78 is 5.15. The van der Waals surface area contributed by atoms with E-state index in [0.717, 1.165) is 19.3 Å². The molecular formula is C16H24N2O3. The number of piperidine rings is 1. The van der Waals surface area contributed by atoms with Crippen molar-refractivity contribution in [3.05, 3.63) is 24.3 Å². The lowest BCUT2D eigenvalue weighted by Crippen LogP contribution is -2.51. The van der Waals surface area contributed by atoms with Crippen molar-refractivity contribution < 1.29 is 14.6 Å². The molecule has 2 rings (SSSR count). The van der Waals surface area contributed by atoms with Gasteiger partial charge in [-0.15, -0.1) is 0 Å². The molecule has 5 nitrogen and oxygen atoms in total. The van der Waals surface area contributed by atoms with Crippen LogP contribution in [0.5, 0.6) is 5.75 Å². The van der Waals surface area contributed by atoms with Gasteiger partial charge in [0.2, 0.25) is 0 Å². The number of amides is 2. The Morgan fingerprint density at radius 2 is 2.33 bits per heavy atom. The molecule has 1 aliphatic rings. The van der Waals surface area contributed by atoms with Crippen molar-refractivity contribution in [2.24, 2.45) is 0 Å². The summed E-state index contributed by atoms with van der Waals surface area (Å²) in [4.78, 5) is 14.2. The van der Waals surface area contributed by atoms with Crippen LogP contribution in [0.1, 0.15) is 32.6 Å². The number of nitrogens with one attached hydrogen (secondary N) is 1. The molecule has 1 aromatic rings. The number of ether oxygens (including phenoxy) is 1. The zero-order valence-electron chi connectivity index (χ0n) is 12.7. The smallest absolute Gasteiger partial charge is 0.322 e. The second kappa shape index (κ2) is 7.31. The maximum absolute atomic E-state index is 12.5. The van der Waals surface area contributed by atoms with E-state index < -0.39 is 6.10 Å². The Morgan fingerprint density at radius 1 is 1.52 bits per heavy atom. The van der Waals surface area contributed by atoms with Crippen LogP contribution in [0.3, 0.4) is 0 Å². The normalized spacial score (nSPS) is 20.0. The number of likely N-dealkylation sites (tertiary alicyclic amines) is 1. The number of nitrogens with zero attached hydrogens (tertiary/aromatic N) is 1. The van der Waals surface area contributed by atoms with E-state index in [4.69, 9.17) is 4.74 Å². The van der Waals surface area contributed by atoms with Crippen molar-refractivity contribution in [1.82, 2.24) is 4.90 Å². The van der Waals surface area contributed by atoms with Gasteiger partial charge in [0.05, 0.1) is 19.3 Å². The Bertz CT molecular complexity index is 478. The zero-order chi connectivity index (χ0) is 15.2. The maximum Gasteiger partial charge on any atom is 0.322 e. The third kappa shape index (κ3) is 3.88. The Hall–Kier alpha value is -1.75. The van der Waals surface area contributed by atoms with Crippen LogP contribution in [0.25, 0.3) is 0 Å². The molecule has 0 aliphatic carbocycles. The van der Waals surface area contributed by atoms with Gasteiger partial charge in [0.1, 0.15) is 5.75 Å². The van der Waals surface area contributed by atoms with E-state index in [-0.39, 0.29) is 12.1 Å². The third-order valence-electron chi connectivity index (χ3n) is 3.99. The monoisotopic (exact) mass is 292 g/mol. The molecule has 5 heteroatoms. The summed E-state index contributed by atoms with van der Waals surface area (Å²) in [6, 6.07) is 7.04. The molecule has 2 atom stereocenters. The maximum atomic E-state index is 12.5. The Morgan fingerprint density at radius 3 is 3.05 bits per heavy atom. The summed E-state index contributed by atoms with van der Waals surface area (Å²) in [7, 11) is 1.60. The highest BCUT2D eigenvalue weighted by atomic mass is 16.5. The first kappa shape index (κ1) is 15.6. The van der Waals surface area contributed by atoms with E-state index >= 15 is 0 Å². The summed E-state index contributed by atoms with van der Waals surface area (Å²) in [5, 5.41) is 13.0. The minimum absolute atomic E-state index is 0.0886. The van der Waals surface area contributed by atoms with Gasteiger partial charge in [0.25, 0.3) is 0 Å². The number of hydrogen-bond acceptors (Lipinski definition) is 3. The fourth-order valence-corrected chi connectivity index (χ4v) is 2.78. The highest BCUT2D eigenvalue weighted by molar-refractivity contribution is 5.89. The van der Waals surface area contributed by atoms with Crippen LogP contribution in [0.15, 0.2) is 24.3 Å². The molecule has 0 spiro atoms. The lowest BCUT2D eigenvalue weighted by Gasteiger charge is -2.38. The molecule has 116 valence electrons. The lowest BCUT2D eigenvalue weighted by atomic mass is 9.96. The number of methoxy groups -OCH3 is 1. The summed E-state index contributed by atoms with van der Waals surface area (Å²) in [5.74, 6) is 0.705. The van der Waals surface area contributed by atoms with E-state index in [9.17, 15) is 9.90 Å². The Kier molecular flexibility index (Phi) is 5.44. The van der Waals surface area contributed by atoms with Gasteiger partial charge >= 0.3 is 6.03 Å². The standard InChI is InChI=1S/C16H24N2O3/c1-3-15(19)14-9-4-5-10-18(14)16(20)17-12-7-6-8-13(11-12)21-2/h6-8,11,14-15,19H,3-5,9-10H2,1-2H3,(H,17,20)/t14-,15+/m0/s1. The van der Waals surface area contributed by atoms with Crippen LogP contribution in [-0.2, 0) is 0 Å². The molecule has 1 saturated heterocycles. The summed E-state index contributed by atoms with van der Waals surface area (Å²) in [6.07, 6.45) is 3.11. The Balaban J connectivity index is 2.06. The first-order valence-corrected chi connectivity index (χ1v) is 7.55. The minimum atomic E-state index is -0.457. The zero-order valence-corrected chi connectivity index (χ0v) is 12.7. The van der Waals surface area contributed by atoms with Gasteiger partial charge in [0.15, 0.2) is 0 Å². The molecular weight excluding hydrogens is 268 g/mol. The van der Waals surface area contributed by atoms with Crippen LogP contribution in [0.2, 0.25) is 0 Å². The lowest BCUT2D eigenvalue weighted by molar-refractivity contribution is 0.0471. The molecule has 1 fully saturated rings. The molecule has 21 heavy (non-hydrogen) atoms. The largest absolute Gasteiger partial charge is 0.497 e. The van der Waals surface area contributed by atoms with E-state index in [1.54, 1.807) is 18.1 Å². The predicted octanol–water partition coefficient (Wildman–Crippen LogP) is 2.85. The van der Waals surface area contributed by atoms with Crippen LogP contribution in [0, 0.1) is 0 Å². The molecule has 1 aromatic carbocycles. The molecule has 2 amide bonds. The van der Waals surface area contributed by atoms with Crippen LogP contribution in [0.4, 0.5) is 10.5 Å². The van der Waals surface area contributed by atoms with Gasteiger partial charge in [-0.1, -0.05) is 13.0 Å². The van der Waals surface area contributed by atoms with Gasteiger partial charge in [-0.2, -0.15) is 0 Å². The average Bonchev–Trinajstić information content (AvgIpc) is 2.54. The molecule has 0 saturated carbocycles. The van der Waals surface area contributed by atoms with E-state index in [2.05, 4.69) is 5.32 Å². The SMILES string of the molecule is CC[C@@H](O)[C@@H]1CCCCN1C(=O)Nc1cccc(OC)c1. The summed E-state index contributed by atoms with van der Waals surface area (Å²) in [5.41, 5.74) is 0.703. The van der Waals surface area contributed by atoms with Crippen LogP contribution >= 0.6 is 0 Å². The number of carbonyl (C=O) groups is 1. The number of anilines is 1. The predicted molar refractivity (Wildman–Crippen MR) is 82.7 cm³/mol. The molecule has 1 heterocycles. The number of urea groups is 1. The van der Waals surface area contributed by atoms with Gasteiger partial charge in [0, 0.05) is 18.3 Å². The third-order valence-corrected chi connectivity index (χ3v) is 3.99. The van der Waals surface area contributed by atoms with Gasteiger partial charge in [-0.3, -0.25) is 0 Å². The number of rotatable bonds is 4. The summed E-state index contributed by atoms with van der Waals surface area (Å²) >= 11 is 0. The number of benzene rings is 1. The second-order valence-corrected chi connectivity index (χ2v) is 5.39. The highest BCUT2D eigenvalue weighted by Crippen LogP contribution is 2.23. The number of hydrogen-bond donors (Lipinski definition) is 2. The van der Waals surface area contributed by atoms with E-state index in [0.29, 0.717) is 24.4 Å². The van der Waals surface area contributed by atoms with Crippen molar-refractivity contribution >= 4 is 11.7 Å². The van der Waals surface area contributed by atoms with Crippen molar-refractivity contribution in [2.75, 3.05) is 19.0 Å². The van der Waals surface area contributed by atoms with Crippen molar-refractivity contribution in [1.29, 1.82) is 0 Å². The van der Waals surface area contributed by atoms with Crippen LogP contribution in [-0.4, -0.2) is 41.8 Å². The van der Waals surface area contributed by atoms with Gasteiger partial charge < -0.3 is 20.1 Å². The van der Waals surface area contributed by atoms with Crippen molar-refractivity contribution in [3.8, 4) is 5.75 Å². The number of aliphatic hydroxyl groups excluding tert-OH is 1. The number of aliphatic hydroxyl groups is 1. The van der Waals surface area contributed by atoms with Crippen molar-refractivity contribution in [2.45, 2.75) is 44.8 Å². The Labute approximate surface area is 125 Å². The second-order valence-electron chi connectivity index (χ2n) is 5.39. The molecule has 0 unspecified atom stereocenters. The topological polar surface area (TPSA) is 61.8 Å². The molecule has 0 radical (unpaired) electrons. The molecule has 0 aromatic heterocycles. The van der Waals surface area contributed by atoms with Crippen LogP contribution < -0.4 is 10.1 Å². The van der Waals surface area contributed by atoms with E-state index in [1.165, 1.54) is 0 Å². The van der Waals surface area contributed by atoms with Gasteiger partial charge in [-0.05, 0) is 37.8 Å². The quantitative estimate of drug-likeness (QED) is 0.897. The summed E-state index contributed by atoms with van der Waals surface area (Å²) in [6.45, 7) is 2.63.